The lowest BCUT2D eigenvalue weighted by Gasteiger charge is -2.33. The fourth-order valence-electron chi connectivity index (χ4n) is 4.78. The Labute approximate surface area is 197 Å². The average molecular weight is 463 g/mol. The quantitative estimate of drug-likeness (QED) is 0.436. The second-order valence-corrected chi connectivity index (χ2v) is 8.98. The summed E-state index contributed by atoms with van der Waals surface area (Å²) in [4.78, 5) is 18.4. The molecule has 34 heavy (non-hydrogen) atoms. The highest BCUT2D eigenvalue weighted by molar-refractivity contribution is 5.83. The number of aliphatic hydroxyl groups excluding tert-OH is 1. The largest absolute Gasteiger partial charge is 0.497 e. The first-order valence-corrected chi connectivity index (χ1v) is 11.7. The van der Waals surface area contributed by atoms with Gasteiger partial charge in [-0.25, -0.2) is 4.79 Å². The van der Waals surface area contributed by atoms with Crippen molar-refractivity contribution in [1.82, 2.24) is 19.8 Å². The Morgan fingerprint density at radius 3 is 2.82 bits per heavy atom. The van der Waals surface area contributed by atoms with Crippen LogP contribution in [0.15, 0.2) is 57.9 Å². The van der Waals surface area contributed by atoms with E-state index in [1.165, 1.54) is 4.57 Å². The zero-order chi connectivity index (χ0) is 23.7. The normalized spacial score (nSPS) is 16.3. The van der Waals surface area contributed by atoms with Crippen LogP contribution in [0.4, 0.5) is 0 Å². The topological polar surface area (TPSA) is 92.8 Å². The zero-order valence-corrected chi connectivity index (χ0v) is 19.5. The molecule has 0 amide bonds. The van der Waals surface area contributed by atoms with Crippen LogP contribution in [0.1, 0.15) is 30.1 Å². The van der Waals surface area contributed by atoms with Gasteiger partial charge in [-0.15, -0.1) is 0 Å². The number of ether oxygens (including phenoxy) is 1. The van der Waals surface area contributed by atoms with Gasteiger partial charge in [0.15, 0.2) is 5.58 Å². The number of nitrogens with zero attached hydrogens (tertiary/aromatic N) is 3. The smallest absolute Gasteiger partial charge is 0.419 e. The van der Waals surface area contributed by atoms with Crippen LogP contribution in [0.2, 0.25) is 0 Å². The van der Waals surface area contributed by atoms with Crippen molar-refractivity contribution < 1.29 is 14.3 Å². The number of methoxy groups -OCH3 is 1. The molecule has 1 fully saturated rings. The van der Waals surface area contributed by atoms with Crippen molar-refractivity contribution in [3.8, 4) is 5.75 Å². The molecule has 1 aliphatic rings. The van der Waals surface area contributed by atoms with Crippen molar-refractivity contribution in [3.05, 3.63) is 70.3 Å². The first-order chi connectivity index (χ1) is 16.5. The van der Waals surface area contributed by atoms with Gasteiger partial charge in [-0.05, 0) is 73.5 Å². The van der Waals surface area contributed by atoms with Crippen LogP contribution in [0.3, 0.4) is 0 Å². The van der Waals surface area contributed by atoms with Gasteiger partial charge >= 0.3 is 5.76 Å². The van der Waals surface area contributed by atoms with E-state index in [4.69, 9.17) is 9.15 Å². The Balaban J connectivity index is 1.16. The molecule has 0 aliphatic carbocycles. The molecule has 178 valence electrons. The minimum atomic E-state index is -0.589. The molecular formula is C26H30N4O4. The lowest BCUT2D eigenvalue weighted by Crippen LogP contribution is -2.43. The van der Waals surface area contributed by atoms with E-state index in [0.29, 0.717) is 18.2 Å². The third-order valence-electron chi connectivity index (χ3n) is 6.81. The summed E-state index contributed by atoms with van der Waals surface area (Å²) < 4.78 is 12.2. The maximum atomic E-state index is 11.7. The van der Waals surface area contributed by atoms with Gasteiger partial charge in [0.05, 0.1) is 24.2 Å². The summed E-state index contributed by atoms with van der Waals surface area (Å²) in [6.07, 6.45) is 3.19. The first-order valence-electron chi connectivity index (χ1n) is 11.7. The molecule has 2 aromatic heterocycles. The summed E-state index contributed by atoms with van der Waals surface area (Å²) >= 11 is 0. The Kier molecular flexibility index (Phi) is 6.36. The molecule has 5 rings (SSSR count). The molecule has 0 saturated carbocycles. The van der Waals surface area contributed by atoms with Crippen molar-refractivity contribution in [1.29, 1.82) is 0 Å². The van der Waals surface area contributed by atoms with Crippen LogP contribution in [0.25, 0.3) is 22.0 Å². The molecule has 4 aromatic rings. The number of pyridine rings is 1. The molecule has 1 saturated heterocycles. The van der Waals surface area contributed by atoms with E-state index in [-0.39, 0.29) is 5.76 Å². The lowest BCUT2D eigenvalue weighted by molar-refractivity contribution is 0.0949. The van der Waals surface area contributed by atoms with E-state index in [1.54, 1.807) is 20.4 Å². The Morgan fingerprint density at radius 1 is 1.21 bits per heavy atom. The molecule has 8 nitrogen and oxygen atoms in total. The monoisotopic (exact) mass is 462 g/mol. The second-order valence-electron chi connectivity index (χ2n) is 8.98. The van der Waals surface area contributed by atoms with Crippen molar-refractivity contribution in [2.75, 3.05) is 26.7 Å². The van der Waals surface area contributed by atoms with Gasteiger partial charge in [-0.3, -0.25) is 9.55 Å². The summed E-state index contributed by atoms with van der Waals surface area (Å²) in [5, 5.41) is 15.6. The number of oxazole rings is 1. The van der Waals surface area contributed by atoms with Gasteiger partial charge in [0.25, 0.3) is 0 Å². The minimum absolute atomic E-state index is 0.339. The molecule has 1 aliphatic heterocycles. The van der Waals surface area contributed by atoms with E-state index >= 15 is 0 Å². The van der Waals surface area contributed by atoms with Crippen LogP contribution in [0.5, 0.6) is 5.75 Å². The highest BCUT2D eigenvalue weighted by Crippen LogP contribution is 2.28. The average Bonchev–Trinajstić information content (AvgIpc) is 3.15. The van der Waals surface area contributed by atoms with Crippen LogP contribution in [-0.4, -0.2) is 52.3 Å². The summed E-state index contributed by atoms with van der Waals surface area (Å²) in [5.41, 5.74) is 4.26. The van der Waals surface area contributed by atoms with Crippen LogP contribution in [0, 0.1) is 0 Å². The van der Waals surface area contributed by atoms with Gasteiger partial charge < -0.3 is 24.5 Å². The van der Waals surface area contributed by atoms with Crippen LogP contribution < -0.4 is 15.8 Å². The highest BCUT2D eigenvalue weighted by Gasteiger charge is 2.22. The lowest BCUT2D eigenvalue weighted by atomic mass is 10.0. The van der Waals surface area contributed by atoms with Gasteiger partial charge in [0.2, 0.25) is 0 Å². The number of hydrogen-bond donors (Lipinski definition) is 2. The predicted molar refractivity (Wildman–Crippen MR) is 131 cm³/mol. The maximum absolute atomic E-state index is 11.7. The zero-order valence-electron chi connectivity index (χ0n) is 19.5. The Morgan fingerprint density at radius 2 is 2.03 bits per heavy atom. The van der Waals surface area contributed by atoms with E-state index in [0.717, 1.165) is 65.8 Å². The number of benzene rings is 2. The van der Waals surface area contributed by atoms with Crippen LogP contribution in [-0.2, 0) is 13.6 Å². The number of piperidine rings is 1. The first kappa shape index (κ1) is 22.6. The standard InChI is InChI=1S/C26H30N4O4/c1-29-23-6-3-17(13-25(23)34-26(29)32)15-28-18-8-11-30(12-9-18)16-24(31)20-7-10-27-22-5-4-19(33-2)14-21(20)22/h3-7,10,13-14,18,24,28,31H,8-9,11-12,15-16H2,1-2H3/t24-/m0/s1. The maximum Gasteiger partial charge on any atom is 0.419 e. The Hall–Kier alpha value is -3.20. The number of likely N-dealkylation sites (tertiary alicyclic amines) is 1. The molecule has 2 N–H and O–H groups in total. The number of β-amino-alcohol motifs (C(OH)–C–C–N with tert-alkyl or cyclic N) is 1. The minimum Gasteiger partial charge on any atom is -0.497 e. The van der Waals surface area contributed by atoms with E-state index in [2.05, 4.69) is 15.2 Å². The van der Waals surface area contributed by atoms with Crippen LogP contribution >= 0.6 is 0 Å². The number of aliphatic hydroxyl groups is 1. The molecule has 0 bridgehead atoms. The number of nitrogens with one attached hydrogen (secondary N) is 1. The van der Waals surface area contributed by atoms with Crippen molar-refractivity contribution >= 4 is 22.0 Å². The fraction of sp³-hybridized carbons (Fsp3) is 0.385. The predicted octanol–water partition coefficient (Wildman–Crippen LogP) is 2.98. The summed E-state index contributed by atoms with van der Waals surface area (Å²) in [6, 6.07) is 14.0. The highest BCUT2D eigenvalue weighted by atomic mass is 16.5. The fourth-order valence-corrected chi connectivity index (χ4v) is 4.78. The molecule has 0 spiro atoms. The molecular weight excluding hydrogens is 432 g/mol. The molecule has 0 unspecified atom stereocenters. The number of hydrogen-bond acceptors (Lipinski definition) is 7. The van der Waals surface area contributed by atoms with E-state index in [1.807, 2.05) is 42.5 Å². The van der Waals surface area contributed by atoms with Gasteiger partial charge in [0, 0.05) is 37.8 Å². The second kappa shape index (κ2) is 9.58. The van der Waals surface area contributed by atoms with Gasteiger partial charge in [-0.2, -0.15) is 0 Å². The molecule has 8 heteroatoms. The number of aromatic nitrogens is 2. The SMILES string of the molecule is COc1ccc2nccc([C@@H](O)CN3CCC(NCc4ccc5c(c4)oc(=O)n5C)CC3)c2c1. The van der Waals surface area contributed by atoms with E-state index < -0.39 is 6.10 Å². The molecule has 1 atom stereocenters. The summed E-state index contributed by atoms with van der Waals surface area (Å²) in [5.74, 6) is 0.419. The van der Waals surface area contributed by atoms with Crippen molar-refractivity contribution in [2.24, 2.45) is 7.05 Å². The summed E-state index contributed by atoms with van der Waals surface area (Å²) in [6.45, 7) is 3.17. The van der Waals surface area contributed by atoms with Crippen molar-refractivity contribution in [3.63, 3.8) is 0 Å². The third-order valence-corrected chi connectivity index (χ3v) is 6.81. The molecule has 3 heterocycles. The third kappa shape index (κ3) is 4.57. The van der Waals surface area contributed by atoms with E-state index in [9.17, 15) is 9.90 Å². The summed E-state index contributed by atoms with van der Waals surface area (Å²) in [7, 11) is 3.36. The Bertz CT molecular complexity index is 1350. The van der Waals surface area contributed by atoms with Gasteiger partial charge in [0.1, 0.15) is 5.75 Å². The number of fused-ring (bicyclic) bond motifs is 2. The number of rotatable bonds is 7. The number of aryl methyl sites for hydroxylation is 1. The molecule has 2 aromatic carbocycles. The molecule has 0 radical (unpaired) electrons. The van der Waals surface area contributed by atoms with Gasteiger partial charge in [-0.1, -0.05) is 6.07 Å². The van der Waals surface area contributed by atoms with Crippen molar-refractivity contribution in [2.45, 2.75) is 31.5 Å².